The van der Waals surface area contributed by atoms with Crippen LogP contribution < -0.4 is 16.0 Å². The Labute approximate surface area is 84.2 Å². The molecule has 0 saturated carbocycles. The Balaban J connectivity index is 2.23. The second-order valence-electron chi connectivity index (χ2n) is 3.29. The number of rotatable bonds is 2. The third kappa shape index (κ3) is 1.78. The van der Waals surface area contributed by atoms with Gasteiger partial charge >= 0.3 is 0 Å². The van der Waals surface area contributed by atoms with Gasteiger partial charge in [0, 0.05) is 25.0 Å². The predicted molar refractivity (Wildman–Crippen MR) is 58.9 cm³/mol. The van der Waals surface area contributed by atoms with Crippen LogP contribution in [0, 0.1) is 0 Å². The molecule has 1 aromatic carbocycles. The van der Waals surface area contributed by atoms with Gasteiger partial charge in [-0.2, -0.15) is 0 Å². The lowest BCUT2D eigenvalue weighted by atomic mass is 10.2. The van der Waals surface area contributed by atoms with Crippen molar-refractivity contribution in [3.05, 3.63) is 42.6 Å². The maximum absolute atomic E-state index is 5.69. The summed E-state index contributed by atoms with van der Waals surface area (Å²) in [6.07, 6.45) is 4.39. The normalized spacial score (nSPS) is 21.2. The fourth-order valence-corrected chi connectivity index (χ4v) is 1.64. The molecule has 0 amide bonds. The van der Waals surface area contributed by atoms with E-state index in [2.05, 4.69) is 34.6 Å². The lowest BCUT2D eigenvalue weighted by Crippen LogP contribution is -2.50. The lowest BCUT2D eigenvalue weighted by molar-refractivity contribution is 0.535. The quantitative estimate of drug-likeness (QED) is 0.726. The molecule has 0 aromatic heterocycles. The number of anilines is 1. The number of nitrogens with two attached hydrogens (primary N) is 1. The van der Waals surface area contributed by atoms with Crippen LogP contribution in [0.25, 0.3) is 0 Å². The van der Waals surface area contributed by atoms with Gasteiger partial charge in [-0.15, -0.1) is 0 Å². The van der Waals surface area contributed by atoms with Gasteiger partial charge in [-0.25, -0.2) is 0 Å². The summed E-state index contributed by atoms with van der Waals surface area (Å²) in [5.74, 6) is 0. The second kappa shape index (κ2) is 4.26. The molecule has 0 radical (unpaired) electrons. The zero-order valence-electron chi connectivity index (χ0n) is 8.06. The number of nitrogens with one attached hydrogen (secondary N) is 1. The minimum absolute atomic E-state index is 0.211. The molecule has 3 nitrogen and oxygen atoms in total. The van der Waals surface area contributed by atoms with Gasteiger partial charge in [0.15, 0.2) is 0 Å². The molecule has 2 rings (SSSR count). The summed E-state index contributed by atoms with van der Waals surface area (Å²) in [6, 6.07) is 10.2. The van der Waals surface area contributed by atoms with Crippen molar-refractivity contribution in [2.24, 2.45) is 5.73 Å². The molecule has 0 bridgehead atoms. The van der Waals surface area contributed by atoms with Crippen molar-refractivity contribution in [2.45, 2.75) is 6.17 Å². The van der Waals surface area contributed by atoms with E-state index in [4.69, 9.17) is 5.73 Å². The van der Waals surface area contributed by atoms with E-state index in [1.165, 1.54) is 5.69 Å². The Morgan fingerprint density at radius 1 is 1.36 bits per heavy atom. The van der Waals surface area contributed by atoms with Crippen LogP contribution in [0.4, 0.5) is 5.69 Å². The van der Waals surface area contributed by atoms with E-state index in [0.29, 0.717) is 6.54 Å². The summed E-state index contributed by atoms with van der Waals surface area (Å²) in [4.78, 5) is 2.16. The Hall–Kier alpha value is -1.32. The largest absolute Gasteiger partial charge is 0.331 e. The van der Waals surface area contributed by atoms with Crippen LogP contribution in [0.5, 0.6) is 0 Å². The zero-order valence-corrected chi connectivity index (χ0v) is 8.06. The molecular formula is C11H15N3. The number of hydrogen-bond acceptors (Lipinski definition) is 3. The van der Waals surface area contributed by atoms with Crippen molar-refractivity contribution in [1.29, 1.82) is 0 Å². The van der Waals surface area contributed by atoms with Crippen LogP contribution >= 0.6 is 0 Å². The lowest BCUT2D eigenvalue weighted by Gasteiger charge is -2.33. The summed E-state index contributed by atoms with van der Waals surface area (Å²) in [7, 11) is 0. The van der Waals surface area contributed by atoms with Crippen molar-refractivity contribution < 1.29 is 0 Å². The van der Waals surface area contributed by atoms with Gasteiger partial charge in [0.2, 0.25) is 0 Å². The molecule has 0 fully saturated rings. The molecular weight excluding hydrogens is 174 g/mol. The van der Waals surface area contributed by atoms with Gasteiger partial charge < -0.3 is 10.6 Å². The summed E-state index contributed by atoms with van der Waals surface area (Å²) >= 11 is 0. The fourth-order valence-electron chi connectivity index (χ4n) is 1.64. The van der Waals surface area contributed by atoms with E-state index in [9.17, 15) is 0 Å². The van der Waals surface area contributed by atoms with Gasteiger partial charge in [-0.3, -0.25) is 5.32 Å². The van der Waals surface area contributed by atoms with Crippen LogP contribution in [-0.4, -0.2) is 19.3 Å². The van der Waals surface area contributed by atoms with Gasteiger partial charge in [-0.1, -0.05) is 24.3 Å². The molecule has 1 atom stereocenters. The van der Waals surface area contributed by atoms with E-state index >= 15 is 0 Å². The Kier molecular flexibility index (Phi) is 2.81. The molecule has 0 saturated heterocycles. The van der Waals surface area contributed by atoms with E-state index in [1.807, 2.05) is 18.2 Å². The number of benzene rings is 1. The summed E-state index contributed by atoms with van der Waals surface area (Å²) in [6.45, 7) is 1.50. The van der Waals surface area contributed by atoms with Crippen LogP contribution in [0.1, 0.15) is 0 Å². The van der Waals surface area contributed by atoms with Crippen LogP contribution in [0.15, 0.2) is 42.6 Å². The van der Waals surface area contributed by atoms with Crippen molar-refractivity contribution in [3.63, 3.8) is 0 Å². The Bertz CT molecular complexity index is 308. The third-order valence-electron chi connectivity index (χ3n) is 2.35. The molecule has 14 heavy (non-hydrogen) atoms. The highest BCUT2D eigenvalue weighted by Crippen LogP contribution is 2.17. The van der Waals surface area contributed by atoms with Crippen molar-refractivity contribution >= 4 is 5.69 Å². The highest BCUT2D eigenvalue weighted by Gasteiger charge is 2.16. The molecule has 1 heterocycles. The topological polar surface area (TPSA) is 41.3 Å². The van der Waals surface area contributed by atoms with Gasteiger partial charge in [0.1, 0.15) is 0 Å². The number of para-hydroxylation sites is 1. The molecule has 3 N–H and O–H groups in total. The predicted octanol–water partition coefficient (Wildman–Crippen LogP) is 0.895. The first-order valence-electron chi connectivity index (χ1n) is 4.85. The number of hydrogen-bond donors (Lipinski definition) is 2. The van der Waals surface area contributed by atoms with Crippen molar-refractivity contribution in [1.82, 2.24) is 5.32 Å². The van der Waals surface area contributed by atoms with Gasteiger partial charge in [-0.05, 0) is 12.1 Å². The molecule has 1 unspecified atom stereocenters. The van der Waals surface area contributed by atoms with Crippen molar-refractivity contribution in [3.8, 4) is 0 Å². The molecule has 1 aliphatic rings. The van der Waals surface area contributed by atoms with E-state index in [0.717, 1.165) is 6.54 Å². The van der Waals surface area contributed by atoms with Crippen LogP contribution in [0.3, 0.4) is 0 Å². The summed E-state index contributed by atoms with van der Waals surface area (Å²) in [5.41, 5.74) is 6.87. The Morgan fingerprint density at radius 3 is 2.86 bits per heavy atom. The van der Waals surface area contributed by atoms with Gasteiger partial charge in [0.05, 0.1) is 6.17 Å². The molecule has 3 heteroatoms. The first-order chi connectivity index (χ1) is 6.92. The van der Waals surface area contributed by atoms with E-state index in [1.54, 1.807) is 0 Å². The average molecular weight is 189 g/mol. The highest BCUT2D eigenvalue weighted by atomic mass is 15.3. The Morgan fingerprint density at radius 2 is 2.14 bits per heavy atom. The minimum atomic E-state index is 0.211. The molecule has 1 aromatic rings. The maximum Gasteiger partial charge on any atom is 0.0965 e. The van der Waals surface area contributed by atoms with Crippen molar-refractivity contribution in [2.75, 3.05) is 18.0 Å². The third-order valence-corrected chi connectivity index (χ3v) is 2.35. The van der Waals surface area contributed by atoms with E-state index < -0.39 is 0 Å². The standard InChI is InChI=1S/C11H15N3/c12-9-11-13-7-4-8-14(11)10-5-2-1-3-6-10/h1-6,8,11,13H,7,9,12H2. The van der Waals surface area contributed by atoms with Gasteiger partial charge in [0.25, 0.3) is 0 Å². The first-order valence-corrected chi connectivity index (χ1v) is 4.85. The SMILES string of the molecule is NCC1NCC=CN1c1ccccc1. The zero-order chi connectivity index (χ0) is 9.80. The minimum Gasteiger partial charge on any atom is -0.331 e. The maximum atomic E-state index is 5.69. The summed E-state index contributed by atoms with van der Waals surface area (Å²) in [5, 5.41) is 3.33. The first kappa shape index (κ1) is 9.24. The fraction of sp³-hybridized carbons (Fsp3) is 0.273. The highest BCUT2D eigenvalue weighted by molar-refractivity contribution is 5.50. The smallest absolute Gasteiger partial charge is 0.0965 e. The molecule has 1 aliphatic heterocycles. The average Bonchev–Trinajstić information content (AvgIpc) is 2.30. The van der Waals surface area contributed by atoms with E-state index in [-0.39, 0.29) is 6.17 Å². The van der Waals surface area contributed by atoms with Crippen LogP contribution in [0.2, 0.25) is 0 Å². The number of nitrogens with zero attached hydrogens (tertiary/aromatic N) is 1. The molecule has 0 aliphatic carbocycles. The van der Waals surface area contributed by atoms with Crippen LogP contribution in [-0.2, 0) is 0 Å². The second-order valence-corrected chi connectivity index (χ2v) is 3.29. The summed E-state index contributed by atoms with van der Waals surface area (Å²) < 4.78 is 0. The molecule has 74 valence electrons. The molecule has 0 spiro atoms. The monoisotopic (exact) mass is 189 g/mol.